The van der Waals surface area contributed by atoms with Crippen molar-refractivity contribution in [2.45, 2.75) is 252 Å². The standard InChI is InChI=1S/C42H82N2/c1-5-8-11-14-16-18-20-21-22-23-24-25-27-29-31-34-37-41(36-33-13-10-7-3)42-43-38-39-44(42)40(4)35-32-30-28-26-19-17-15-12-9-6-2/h38-41H,5-37H2,1-4H3. The van der Waals surface area contributed by atoms with Gasteiger partial charge >= 0.3 is 0 Å². The second-order valence-electron chi connectivity index (χ2n) is 14.7. The summed E-state index contributed by atoms with van der Waals surface area (Å²) in [5.74, 6) is 2.06. The summed E-state index contributed by atoms with van der Waals surface area (Å²) in [6, 6.07) is 0.588. The fourth-order valence-corrected chi connectivity index (χ4v) is 7.24. The molecule has 0 radical (unpaired) electrons. The van der Waals surface area contributed by atoms with Gasteiger partial charge in [-0.05, 0) is 26.2 Å². The van der Waals surface area contributed by atoms with Gasteiger partial charge in [0.25, 0.3) is 0 Å². The first kappa shape index (κ1) is 41.2. The Morgan fingerprint density at radius 3 is 1.09 bits per heavy atom. The van der Waals surface area contributed by atoms with Crippen molar-refractivity contribution < 1.29 is 0 Å². The summed E-state index contributed by atoms with van der Waals surface area (Å²) in [5.41, 5.74) is 0. The average Bonchev–Trinajstić information content (AvgIpc) is 3.53. The Morgan fingerprint density at radius 2 is 0.727 bits per heavy atom. The number of hydrogen-bond donors (Lipinski definition) is 0. The minimum atomic E-state index is 0.588. The number of rotatable bonds is 35. The van der Waals surface area contributed by atoms with Crippen molar-refractivity contribution in [3.8, 4) is 0 Å². The predicted octanol–water partition coefficient (Wildman–Crippen LogP) is 15.5. The van der Waals surface area contributed by atoms with E-state index in [1.165, 1.54) is 218 Å². The topological polar surface area (TPSA) is 17.8 Å². The first-order valence-corrected chi connectivity index (χ1v) is 20.8. The van der Waals surface area contributed by atoms with Crippen LogP contribution in [-0.2, 0) is 0 Å². The molecule has 1 heterocycles. The van der Waals surface area contributed by atoms with Crippen LogP contribution in [-0.4, -0.2) is 9.55 Å². The van der Waals surface area contributed by atoms with Gasteiger partial charge in [-0.25, -0.2) is 4.98 Å². The highest BCUT2D eigenvalue weighted by molar-refractivity contribution is 5.02. The molecule has 0 saturated carbocycles. The van der Waals surface area contributed by atoms with Crippen LogP contribution in [0.5, 0.6) is 0 Å². The molecule has 2 unspecified atom stereocenters. The monoisotopic (exact) mass is 615 g/mol. The van der Waals surface area contributed by atoms with Crippen molar-refractivity contribution in [2.75, 3.05) is 0 Å². The Hall–Kier alpha value is -0.790. The van der Waals surface area contributed by atoms with Crippen LogP contribution in [0.2, 0.25) is 0 Å². The molecule has 0 aliphatic rings. The zero-order valence-corrected chi connectivity index (χ0v) is 31.0. The molecule has 0 spiro atoms. The van der Waals surface area contributed by atoms with Gasteiger partial charge < -0.3 is 4.57 Å². The number of unbranched alkanes of at least 4 members (excludes halogenated alkanes) is 27. The lowest BCUT2D eigenvalue weighted by molar-refractivity contribution is 0.413. The maximum Gasteiger partial charge on any atom is 0.111 e. The molecule has 0 aromatic carbocycles. The second-order valence-corrected chi connectivity index (χ2v) is 14.7. The van der Waals surface area contributed by atoms with Gasteiger partial charge in [-0.1, -0.05) is 213 Å². The van der Waals surface area contributed by atoms with Crippen LogP contribution in [0.4, 0.5) is 0 Å². The summed E-state index contributed by atoms with van der Waals surface area (Å²) in [7, 11) is 0. The van der Waals surface area contributed by atoms with Gasteiger partial charge in [0.05, 0.1) is 0 Å². The molecule has 260 valence electrons. The van der Waals surface area contributed by atoms with E-state index in [0.29, 0.717) is 12.0 Å². The van der Waals surface area contributed by atoms with Crippen LogP contribution in [0.3, 0.4) is 0 Å². The van der Waals surface area contributed by atoms with Crippen molar-refractivity contribution in [1.82, 2.24) is 9.55 Å². The summed E-state index contributed by atoms with van der Waals surface area (Å²) < 4.78 is 2.57. The highest BCUT2D eigenvalue weighted by Gasteiger charge is 2.19. The van der Waals surface area contributed by atoms with Crippen molar-refractivity contribution in [3.63, 3.8) is 0 Å². The lowest BCUT2D eigenvalue weighted by atomic mass is 9.93. The van der Waals surface area contributed by atoms with Crippen molar-refractivity contribution in [1.29, 1.82) is 0 Å². The van der Waals surface area contributed by atoms with Crippen LogP contribution >= 0.6 is 0 Å². The molecule has 44 heavy (non-hydrogen) atoms. The van der Waals surface area contributed by atoms with Crippen molar-refractivity contribution >= 4 is 0 Å². The van der Waals surface area contributed by atoms with Crippen LogP contribution in [0.25, 0.3) is 0 Å². The lowest BCUT2D eigenvalue weighted by Gasteiger charge is -2.22. The molecular weight excluding hydrogens is 532 g/mol. The van der Waals surface area contributed by atoms with Gasteiger partial charge in [-0.15, -0.1) is 0 Å². The Labute approximate surface area is 278 Å². The van der Waals surface area contributed by atoms with Gasteiger partial charge in [0, 0.05) is 24.4 Å². The molecule has 2 nitrogen and oxygen atoms in total. The summed E-state index contributed by atoms with van der Waals surface area (Å²) in [6.45, 7) is 9.39. The molecule has 0 fully saturated rings. The van der Waals surface area contributed by atoms with Crippen LogP contribution in [0.1, 0.15) is 257 Å². The molecule has 1 aromatic heterocycles. The Morgan fingerprint density at radius 1 is 0.432 bits per heavy atom. The molecule has 1 aromatic rings. The van der Waals surface area contributed by atoms with E-state index in [9.17, 15) is 0 Å². The fraction of sp³-hybridized carbons (Fsp3) is 0.929. The van der Waals surface area contributed by atoms with Gasteiger partial charge in [0.15, 0.2) is 0 Å². The first-order chi connectivity index (χ1) is 21.7. The molecule has 0 bridgehead atoms. The number of aromatic nitrogens is 2. The van der Waals surface area contributed by atoms with Gasteiger partial charge in [0.1, 0.15) is 5.82 Å². The highest BCUT2D eigenvalue weighted by atomic mass is 15.1. The van der Waals surface area contributed by atoms with Gasteiger partial charge in [0.2, 0.25) is 0 Å². The third kappa shape index (κ3) is 23.5. The van der Waals surface area contributed by atoms with E-state index in [0.717, 1.165) is 0 Å². The average molecular weight is 615 g/mol. The van der Waals surface area contributed by atoms with Gasteiger partial charge in [-0.3, -0.25) is 0 Å². The van der Waals surface area contributed by atoms with Gasteiger partial charge in [-0.2, -0.15) is 0 Å². The quantitative estimate of drug-likeness (QED) is 0.0695. The minimum Gasteiger partial charge on any atom is -0.332 e. The predicted molar refractivity (Wildman–Crippen MR) is 199 cm³/mol. The van der Waals surface area contributed by atoms with E-state index in [-0.39, 0.29) is 0 Å². The molecule has 0 saturated heterocycles. The van der Waals surface area contributed by atoms with E-state index >= 15 is 0 Å². The number of nitrogens with zero attached hydrogens (tertiary/aromatic N) is 2. The Balaban J connectivity index is 2.25. The third-order valence-corrected chi connectivity index (χ3v) is 10.3. The van der Waals surface area contributed by atoms with E-state index in [1.54, 1.807) is 0 Å². The summed E-state index contributed by atoms with van der Waals surface area (Å²) in [6.07, 6.45) is 51.2. The normalized spacial score (nSPS) is 13.1. The smallest absolute Gasteiger partial charge is 0.111 e. The Kier molecular flexibility index (Phi) is 30.1. The molecular formula is C42H82N2. The largest absolute Gasteiger partial charge is 0.332 e. The number of hydrogen-bond acceptors (Lipinski definition) is 1. The summed E-state index contributed by atoms with van der Waals surface area (Å²) >= 11 is 0. The zero-order chi connectivity index (χ0) is 31.8. The Bertz CT molecular complexity index is 679. The molecule has 2 atom stereocenters. The lowest BCUT2D eigenvalue weighted by Crippen LogP contribution is -2.13. The second kappa shape index (κ2) is 32.2. The maximum atomic E-state index is 4.99. The highest BCUT2D eigenvalue weighted by Crippen LogP contribution is 2.30. The van der Waals surface area contributed by atoms with E-state index in [4.69, 9.17) is 4.98 Å². The molecule has 2 heteroatoms. The van der Waals surface area contributed by atoms with Crippen LogP contribution in [0, 0.1) is 0 Å². The third-order valence-electron chi connectivity index (χ3n) is 10.3. The molecule has 0 aliphatic carbocycles. The molecule has 1 rings (SSSR count). The van der Waals surface area contributed by atoms with Crippen molar-refractivity contribution in [3.05, 3.63) is 18.2 Å². The van der Waals surface area contributed by atoms with Crippen LogP contribution in [0.15, 0.2) is 12.4 Å². The van der Waals surface area contributed by atoms with Crippen molar-refractivity contribution in [2.24, 2.45) is 0 Å². The number of imidazole rings is 1. The van der Waals surface area contributed by atoms with E-state index in [1.807, 2.05) is 0 Å². The SMILES string of the molecule is CCCCCCCCCCCCCCCCCCC(CCCCCC)c1nccn1C(C)CCCCCCCCCCCC. The first-order valence-electron chi connectivity index (χ1n) is 20.8. The summed E-state index contributed by atoms with van der Waals surface area (Å²) in [4.78, 5) is 4.99. The molecule has 0 amide bonds. The van der Waals surface area contributed by atoms with E-state index in [2.05, 4.69) is 44.7 Å². The fourth-order valence-electron chi connectivity index (χ4n) is 7.24. The van der Waals surface area contributed by atoms with E-state index < -0.39 is 0 Å². The minimum absolute atomic E-state index is 0.588. The zero-order valence-electron chi connectivity index (χ0n) is 31.0. The summed E-state index contributed by atoms with van der Waals surface area (Å²) in [5, 5.41) is 0. The maximum absolute atomic E-state index is 4.99. The molecule has 0 aliphatic heterocycles. The van der Waals surface area contributed by atoms with Crippen LogP contribution < -0.4 is 0 Å². The molecule has 0 N–H and O–H groups in total.